The number of aliphatic imine (C=N–C) groups is 1. The molecule has 1 amide bonds. The molecule has 3 rings (SSSR count). The third kappa shape index (κ3) is 4.49. The van der Waals surface area contributed by atoms with Crippen molar-refractivity contribution in [1.29, 1.82) is 0 Å². The van der Waals surface area contributed by atoms with Crippen LogP contribution in [0.4, 0.5) is 11.4 Å². The highest BCUT2D eigenvalue weighted by Gasteiger charge is 2.06. The van der Waals surface area contributed by atoms with E-state index in [9.17, 15) is 9.90 Å². The summed E-state index contributed by atoms with van der Waals surface area (Å²) in [6.45, 7) is 1.95. The van der Waals surface area contributed by atoms with Crippen LogP contribution in [-0.4, -0.2) is 17.2 Å². The highest BCUT2D eigenvalue weighted by Crippen LogP contribution is 2.20. The van der Waals surface area contributed by atoms with E-state index in [0.717, 1.165) is 5.56 Å². The van der Waals surface area contributed by atoms with E-state index in [4.69, 9.17) is 11.6 Å². The van der Waals surface area contributed by atoms with E-state index in [1.54, 1.807) is 60.8 Å². The molecule has 0 heterocycles. The smallest absolute Gasteiger partial charge is 0.255 e. The summed E-state index contributed by atoms with van der Waals surface area (Å²) in [4.78, 5) is 16.6. The van der Waals surface area contributed by atoms with Crippen LogP contribution in [0, 0.1) is 6.92 Å². The summed E-state index contributed by atoms with van der Waals surface area (Å²) in [6.07, 6.45) is 1.61. The average molecular weight is 365 g/mol. The maximum Gasteiger partial charge on any atom is 0.255 e. The molecule has 0 unspecified atom stereocenters. The van der Waals surface area contributed by atoms with Crippen molar-refractivity contribution in [3.05, 3.63) is 88.4 Å². The van der Waals surface area contributed by atoms with Crippen molar-refractivity contribution in [2.45, 2.75) is 6.92 Å². The van der Waals surface area contributed by atoms with E-state index in [0.29, 0.717) is 27.5 Å². The van der Waals surface area contributed by atoms with Gasteiger partial charge in [0.15, 0.2) is 0 Å². The van der Waals surface area contributed by atoms with Gasteiger partial charge in [-0.25, -0.2) is 0 Å². The summed E-state index contributed by atoms with van der Waals surface area (Å²) in [5.41, 5.74) is 3.57. The molecule has 5 heteroatoms. The van der Waals surface area contributed by atoms with Crippen LogP contribution in [0.5, 0.6) is 5.75 Å². The van der Waals surface area contributed by atoms with E-state index >= 15 is 0 Å². The molecule has 0 saturated carbocycles. The fraction of sp³-hybridized carbons (Fsp3) is 0.0476. The van der Waals surface area contributed by atoms with E-state index in [1.165, 1.54) is 0 Å². The molecule has 0 aliphatic rings. The maximum atomic E-state index is 12.2. The number of hydrogen-bond acceptors (Lipinski definition) is 3. The van der Waals surface area contributed by atoms with E-state index < -0.39 is 0 Å². The number of nitrogens with one attached hydrogen (secondary N) is 1. The van der Waals surface area contributed by atoms with Crippen LogP contribution in [0.3, 0.4) is 0 Å². The molecule has 130 valence electrons. The summed E-state index contributed by atoms with van der Waals surface area (Å²) in [7, 11) is 0. The number of benzene rings is 3. The lowest BCUT2D eigenvalue weighted by atomic mass is 10.1. The van der Waals surface area contributed by atoms with Crippen LogP contribution in [0.25, 0.3) is 0 Å². The zero-order chi connectivity index (χ0) is 18.5. The highest BCUT2D eigenvalue weighted by atomic mass is 35.5. The Morgan fingerprint density at radius 3 is 2.58 bits per heavy atom. The van der Waals surface area contributed by atoms with Crippen LogP contribution < -0.4 is 5.32 Å². The number of phenolic OH excluding ortho intramolecular Hbond substituents is 1. The third-order valence-electron chi connectivity index (χ3n) is 3.75. The standard InChI is InChI=1S/C21H17ClN2O2/c1-14-5-10-20(25)16(11-14)13-23-18-6-8-19(9-7-18)24-21(26)15-3-2-4-17(22)12-15/h2-13,25H,1H3,(H,24,26). The first-order valence-corrected chi connectivity index (χ1v) is 8.40. The molecule has 0 bridgehead atoms. The number of carbonyl (C=O) groups is 1. The Bertz CT molecular complexity index is 966. The van der Waals surface area contributed by atoms with Crippen LogP contribution in [0.15, 0.2) is 71.7 Å². The molecule has 0 aromatic heterocycles. The van der Waals surface area contributed by atoms with E-state index in [2.05, 4.69) is 10.3 Å². The van der Waals surface area contributed by atoms with Gasteiger partial charge in [-0.1, -0.05) is 29.3 Å². The van der Waals surface area contributed by atoms with Gasteiger partial charge in [-0.15, -0.1) is 0 Å². The second-order valence-corrected chi connectivity index (χ2v) is 6.27. The summed E-state index contributed by atoms with van der Waals surface area (Å²) in [6, 6.07) is 19.2. The van der Waals surface area contributed by atoms with E-state index in [-0.39, 0.29) is 11.7 Å². The second kappa shape index (κ2) is 7.85. The molecule has 4 nitrogen and oxygen atoms in total. The quantitative estimate of drug-likeness (QED) is 0.612. The summed E-state index contributed by atoms with van der Waals surface area (Å²) >= 11 is 5.91. The van der Waals surface area contributed by atoms with Gasteiger partial charge < -0.3 is 10.4 Å². The van der Waals surface area contributed by atoms with Gasteiger partial charge in [0.05, 0.1) is 5.69 Å². The molecule has 0 fully saturated rings. The minimum atomic E-state index is -0.228. The number of aryl methyl sites for hydroxylation is 1. The number of rotatable bonds is 4. The summed E-state index contributed by atoms with van der Waals surface area (Å²) in [5, 5.41) is 13.2. The van der Waals surface area contributed by atoms with Gasteiger partial charge in [-0.05, 0) is 61.5 Å². The Morgan fingerprint density at radius 1 is 1.08 bits per heavy atom. The Morgan fingerprint density at radius 2 is 1.85 bits per heavy atom. The molecule has 3 aromatic rings. The number of phenols is 1. The molecule has 3 aromatic carbocycles. The van der Waals surface area contributed by atoms with Gasteiger partial charge in [-0.2, -0.15) is 0 Å². The van der Waals surface area contributed by atoms with Crippen molar-refractivity contribution in [1.82, 2.24) is 0 Å². The predicted octanol–water partition coefficient (Wildman–Crippen LogP) is 5.36. The van der Waals surface area contributed by atoms with Gasteiger partial charge >= 0.3 is 0 Å². The zero-order valence-corrected chi connectivity index (χ0v) is 14.9. The molecular formula is C21H17ClN2O2. The lowest BCUT2D eigenvalue weighted by Crippen LogP contribution is -2.11. The van der Waals surface area contributed by atoms with Gasteiger partial charge in [0, 0.05) is 28.1 Å². The van der Waals surface area contributed by atoms with Crippen molar-refractivity contribution in [2.24, 2.45) is 4.99 Å². The number of amides is 1. The maximum absolute atomic E-state index is 12.2. The van der Waals surface area contributed by atoms with Crippen molar-refractivity contribution in [3.8, 4) is 5.75 Å². The molecule has 2 N–H and O–H groups in total. The first-order chi connectivity index (χ1) is 12.5. The van der Waals surface area contributed by atoms with Gasteiger partial charge in [0.2, 0.25) is 0 Å². The number of halogens is 1. The Kier molecular flexibility index (Phi) is 5.34. The van der Waals surface area contributed by atoms with Crippen molar-refractivity contribution in [2.75, 3.05) is 5.32 Å². The normalized spacial score (nSPS) is 10.8. The summed E-state index contributed by atoms with van der Waals surface area (Å²) in [5.74, 6) is -0.0433. The fourth-order valence-corrected chi connectivity index (χ4v) is 2.58. The number of aromatic hydroxyl groups is 1. The largest absolute Gasteiger partial charge is 0.507 e. The van der Waals surface area contributed by atoms with Gasteiger partial charge in [-0.3, -0.25) is 9.79 Å². The number of anilines is 1. The monoisotopic (exact) mass is 364 g/mol. The SMILES string of the molecule is Cc1ccc(O)c(C=Nc2ccc(NC(=O)c3cccc(Cl)c3)cc2)c1. The molecule has 0 aliphatic heterocycles. The molecule has 0 atom stereocenters. The molecule has 26 heavy (non-hydrogen) atoms. The van der Waals surface area contributed by atoms with Crippen LogP contribution in [0.2, 0.25) is 5.02 Å². The summed E-state index contributed by atoms with van der Waals surface area (Å²) < 4.78 is 0. The topological polar surface area (TPSA) is 61.7 Å². The molecule has 0 spiro atoms. The minimum Gasteiger partial charge on any atom is -0.507 e. The van der Waals surface area contributed by atoms with Crippen molar-refractivity contribution in [3.63, 3.8) is 0 Å². The van der Waals surface area contributed by atoms with Crippen LogP contribution in [-0.2, 0) is 0 Å². The van der Waals surface area contributed by atoms with Crippen molar-refractivity contribution >= 4 is 35.1 Å². The Labute approximate surface area is 156 Å². The first-order valence-electron chi connectivity index (χ1n) is 8.02. The number of hydrogen-bond donors (Lipinski definition) is 2. The average Bonchev–Trinajstić information content (AvgIpc) is 2.63. The number of carbonyl (C=O) groups excluding carboxylic acids is 1. The Hall–Kier alpha value is -3.11. The molecule has 0 radical (unpaired) electrons. The first kappa shape index (κ1) is 17.7. The van der Waals surface area contributed by atoms with Crippen LogP contribution >= 0.6 is 11.6 Å². The predicted molar refractivity (Wildman–Crippen MR) is 106 cm³/mol. The molecular weight excluding hydrogens is 348 g/mol. The van der Waals surface area contributed by atoms with Gasteiger partial charge in [0.1, 0.15) is 5.75 Å². The van der Waals surface area contributed by atoms with Gasteiger partial charge in [0.25, 0.3) is 5.91 Å². The fourth-order valence-electron chi connectivity index (χ4n) is 2.39. The van der Waals surface area contributed by atoms with Crippen molar-refractivity contribution < 1.29 is 9.90 Å². The van der Waals surface area contributed by atoms with E-state index in [1.807, 2.05) is 19.1 Å². The third-order valence-corrected chi connectivity index (χ3v) is 3.98. The molecule has 0 saturated heterocycles. The lowest BCUT2D eigenvalue weighted by molar-refractivity contribution is 0.102. The minimum absolute atomic E-state index is 0.185. The Balaban J connectivity index is 1.69. The lowest BCUT2D eigenvalue weighted by Gasteiger charge is -2.06. The molecule has 0 aliphatic carbocycles. The number of nitrogens with zero attached hydrogens (tertiary/aromatic N) is 1. The highest BCUT2D eigenvalue weighted by molar-refractivity contribution is 6.31. The van der Waals surface area contributed by atoms with Crippen LogP contribution in [0.1, 0.15) is 21.5 Å². The second-order valence-electron chi connectivity index (χ2n) is 5.83. The zero-order valence-electron chi connectivity index (χ0n) is 14.1.